The largest absolute Gasteiger partial charge is 0.369 e. The van der Waals surface area contributed by atoms with Crippen LogP contribution in [0.2, 0.25) is 5.02 Å². The highest BCUT2D eigenvalue weighted by Gasteiger charge is 2.29. The molecule has 7 heteroatoms. The molecule has 0 bridgehead atoms. The Balaban J connectivity index is 1.66. The Bertz CT molecular complexity index is 1080. The van der Waals surface area contributed by atoms with Crippen molar-refractivity contribution in [2.24, 2.45) is 5.92 Å². The second-order valence-electron chi connectivity index (χ2n) is 9.27. The average Bonchev–Trinajstić information content (AvgIpc) is 2.82. The van der Waals surface area contributed by atoms with Crippen LogP contribution in [0.1, 0.15) is 57.1 Å². The summed E-state index contributed by atoms with van der Waals surface area (Å²) in [5, 5.41) is 0.680. The molecule has 2 aromatic rings. The van der Waals surface area contributed by atoms with Crippen molar-refractivity contribution in [3.8, 4) is 0 Å². The fourth-order valence-electron chi connectivity index (χ4n) is 4.60. The highest BCUT2D eigenvalue weighted by Crippen LogP contribution is 2.26. The van der Waals surface area contributed by atoms with Crippen LogP contribution in [-0.4, -0.2) is 44.7 Å². The molecule has 1 unspecified atom stereocenters. The molecule has 1 heterocycles. The third-order valence-corrected chi connectivity index (χ3v) is 8.94. The molecule has 0 aromatic heterocycles. The predicted octanol–water partition coefficient (Wildman–Crippen LogP) is 5.88. The molecule has 0 radical (unpaired) electrons. The van der Waals surface area contributed by atoms with E-state index in [2.05, 4.69) is 11.8 Å². The summed E-state index contributed by atoms with van der Waals surface area (Å²) < 4.78 is 28.4. The third-order valence-electron chi connectivity index (χ3n) is 6.81. The first-order valence-electron chi connectivity index (χ1n) is 12.4. The van der Waals surface area contributed by atoms with Crippen molar-refractivity contribution in [1.29, 1.82) is 0 Å². The van der Waals surface area contributed by atoms with Crippen LogP contribution in [0.3, 0.4) is 0 Å². The van der Waals surface area contributed by atoms with Gasteiger partial charge in [0.15, 0.2) is 0 Å². The van der Waals surface area contributed by atoms with Crippen molar-refractivity contribution in [3.63, 3.8) is 0 Å². The second kappa shape index (κ2) is 12.2. The lowest BCUT2D eigenvalue weighted by molar-refractivity contribution is -0.120. The minimum atomic E-state index is -3.56. The second-order valence-corrected chi connectivity index (χ2v) is 11.6. The summed E-state index contributed by atoms with van der Waals surface area (Å²) in [7, 11) is -3.56. The van der Waals surface area contributed by atoms with Crippen LogP contribution < -0.4 is 4.90 Å². The number of ketones is 1. The van der Waals surface area contributed by atoms with Crippen LogP contribution in [0, 0.1) is 12.8 Å². The number of carbonyl (C=O) groups excluding carboxylic acids is 1. The molecule has 1 atom stereocenters. The third kappa shape index (κ3) is 6.83. The predicted molar refractivity (Wildman–Crippen MR) is 140 cm³/mol. The Hall–Kier alpha value is -1.89. The summed E-state index contributed by atoms with van der Waals surface area (Å²) >= 11 is 6.12. The van der Waals surface area contributed by atoms with Crippen LogP contribution in [0.25, 0.3) is 0 Å². The fraction of sp³-hybridized carbons (Fsp3) is 0.519. The van der Waals surface area contributed by atoms with Crippen molar-refractivity contribution < 1.29 is 13.2 Å². The number of piperazine rings is 1. The van der Waals surface area contributed by atoms with E-state index in [1.54, 1.807) is 10.4 Å². The van der Waals surface area contributed by atoms with Gasteiger partial charge in [0.2, 0.25) is 10.0 Å². The van der Waals surface area contributed by atoms with E-state index >= 15 is 0 Å². The molecule has 3 rings (SSSR count). The number of Topliss-reactive ketones (excluding diaryl/α,β-unsaturated/α-hetero) is 1. The Morgan fingerprint density at radius 2 is 1.79 bits per heavy atom. The minimum absolute atomic E-state index is 0.333. The topological polar surface area (TPSA) is 57.7 Å². The van der Waals surface area contributed by atoms with Crippen LogP contribution in [0.15, 0.2) is 47.4 Å². The maximum Gasteiger partial charge on any atom is 0.243 e. The van der Waals surface area contributed by atoms with Crippen LogP contribution in [0.4, 0.5) is 5.69 Å². The lowest BCUT2D eigenvalue weighted by Crippen LogP contribution is -2.48. The van der Waals surface area contributed by atoms with Crippen molar-refractivity contribution in [2.75, 3.05) is 31.1 Å². The van der Waals surface area contributed by atoms with Gasteiger partial charge in [0, 0.05) is 49.7 Å². The molecule has 1 aliphatic rings. The molecule has 5 nitrogen and oxygen atoms in total. The van der Waals surface area contributed by atoms with Crippen LogP contribution in [-0.2, 0) is 21.2 Å². The highest BCUT2D eigenvalue weighted by atomic mass is 35.5. The molecule has 2 aromatic carbocycles. The van der Waals surface area contributed by atoms with Crippen LogP contribution >= 0.6 is 11.6 Å². The van der Waals surface area contributed by atoms with E-state index < -0.39 is 10.0 Å². The standard InChI is InChI=1S/C27H37ClN2O3S/c1-4-7-26(31)18-22(5-2)11-12-23-19-27(13-10-21(23)3)34(32,33)30-16-14-29(15-17-30)25-9-6-8-24(28)20-25/h6,8-10,13,19-20,22H,4-5,7,11-12,14-18H2,1-3H3. The Morgan fingerprint density at radius 3 is 2.44 bits per heavy atom. The summed E-state index contributed by atoms with van der Waals surface area (Å²) in [5.41, 5.74) is 3.17. The van der Waals surface area contributed by atoms with E-state index in [-0.39, 0.29) is 0 Å². The first kappa shape index (κ1) is 26.7. The number of sulfonamides is 1. The van der Waals surface area contributed by atoms with Gasteiger partial charge in [0.25, 0.3) is 0 Å². The molecule has 1 saturated heterocycles. The van der Waals surface area contributed by atoms with Crippen molar-refractivity contribution in [2.45, 2.75) is 64.2 Å². The van der Waals surface area contributed by atoms with E-state index in [9.17, 15) is 13.2 Å². The first-order chi connectivity index (χ1) is 16.2. The smallest absolute Gasteiger partial charge is 0.243 e. The molecule has 1 aliphatic heterocycles. The summed E-state index contributed by atoms with van der Waals surface area (Å²) in [5.74, 6) is 0.678. The number of halogens is 1. The zero-order chi connectivity index (χ0) is 24.7. The molecule has 1 fully saturated rings. The van der Waals surface area contributed by atoms with Crippen LogP contribution in [0.5, 0.6) is 0 Å². The highest BCUT2D eigenvalue weighted by molar-refractivity contribution is 7.89. The fourth-order valence-corrected chi connectivity index (χ4v) is 6.26. The van der Waals surface area contributed by atoms with Gasteiger partial charge in [0.05, 0.1) is 4.90 Å². The molecule has 34 heavy (non-hydrogen) atoms. The summed E-state index contributed by atoms with van der Waals surface area (Å²) in [4.78, 5) is 14.6. The van der Waals surface area contributed by atoms with Gasteiger partial charge in [-0.25, -0.2) is 8.42 Å². The minimum Gasteiger partial charge on any atom is -0.369 e. The number of aryl methyl sites for hydroxylation is 2. The number of carbonyl (C=O) groups is 1. The number of hydrogen-bond donors (Lipinski definition) is 0. The van der Waals surface area contributed by atoms with Crippen molar-refractivity contribution in [1.82, 2.24) is 4.31 Å². The van der Waals surface area contributed by atoms with Gasteiger partial charge in [-0.3, -0.25) is 4.79 Å². The lowest BCUT2D eigenvalue weighted by atomic mass is 9.90. The molecule has 0 amide bonds. The van der Waals surface area contributed by atoms with Gasteiger partial charge < -0.3 is 4.90 Å². The first-order valence-corrected chi connectivity index (χ1v) is 14.2. The Labute approximate surface area is 210 Å². The molecule has 186 valence electrons. The zero-order valence-corrected chi connectivity index (χ0v) is 22.2. The summed E-state index contributed by atoms with van der Waals surface area (Å²) in [6.07, 6.45) is 4.81. The number of nitrogens with zero attached hydrogens (tertiary/aromatic N) is 2. The monoisotopic (exact) mass is 504 g/mol. The van der Waals surface area contributed by atoms with Gasteiger partial charge in [-0.1, -0.05) is 44.0 Å². The van der Waals surface area contributed by atoms with Gasteiger partial charge in [0.1, 0.15) is 5.78 Å². The molecular formula is C27H37ClN2O3S. The molecule has 0 spiro atoms. The van der Waals surface area contributed by atoms with Crippen molar-refractivity contribution >= 4 is 33.1 Å². The molecule has 0 saturated carbocycles. The van der Waals surface area contributed by atoms with E-state index in [1.165, 1.54) is 0 Å². The Kier molecular flexibility index (Phi) is 9.57. The maximum atomic E-state index is 13.4. The number of hydrogen-bond acceptors (Lipinski definition) is 4. The van der Waals surface area contributed by atoms with Gasteiger partial charge in [-0.05, 0) is 73.6 Å². The van der Waals surface area contributed by atoms with Crippen molar-refractivity contribution in [3.05, 3.63) is 58.6 Å². The van der Waals surface area contributed by atoms with Gasteiger partial charge >= 0.3 is 0 Å². The van der Waals surface area contributed by atoms with Gasteiger partial charge in [-0.2, -0.15) is 4.31 Å². The zero-order valence-electron chi connectivity index (χ0n) is 20.6. The quantitative estimate of drug-likeness (QED) is 0.383. The number of rotatable bonds is 11. The lowest BCUT2D eigenvalue weighted by Gasteiger charge is -2.35. The number of benzene rings is 2. The summed E-state index contributed by atoms with van der Waals surface area (Å²) in [6.45, 7) is 8.32. The van der Waals surface area contributed by atoms with E-state index in [4.69, 9.17) is 11.6 Å². The molecular weight excluding hydrogens is 468 g/mol. The maximum absolute atomic E-state index is 13.4. The van der Waals surface area contributed by atoms with Gasteiger partial charge in [-0.15, -0.1) is 0 Å². The number of anilines is 1. The molecule has 0 aliphatic carbocycles. The van der Waals surface area contributed by atoms with E-state index in [0.29, 0.717) is 60.6 Å². The summed E-state index contributed by atoms with van der Waals surface area (Å²) in [6, 6.07) is 13.1. The Morgan fingerprint density at radius 1 is 1.06 bits per heavy atom. The SMILES string of the molecule is CCCC(=O)CC(CC)CCc1cc(S(=O)(=O)N2CCN(c3cccc(Cl)c3)CC2)ccc1C. The average molecular weight is 505 g/mol. The van der Waals surface area contributed by atoms with E-state index in [0.717, 1.165) is 42.5 Å². The molecule has 0 N–H and O–H groups in total. The normalized spacial score (nSPS) is 15.9. The van der Waals surface area contributed by atoms with E-state index in [1.807, 2.05) is 50.2 Å².